The number of ether oxygens (including phenoxy) is 1. The Morgan fingerprint density at radius 3 is 2.64 bits per heavy atom. The van der Waals surface area contributed by atoms with Crippen molar-refractivity contribution >= 4 is 27.5 Å². The molecule has 0 saturated carbocycles. The van der Waals surface area contributed by atoms with Gasteiger partial charge in [-0.2, -0.15) is 0 Å². The zero-order valence-electron chi connectivity index (χ0n) is 12.4. The predicted molar refractivity (Wildman–Crippen MR) is 89.4 cm³/mol. The fourth-order valence-corrected chi connectivity index (χ4v) is 2.23. The second kappa shape index (κ2) is 7.26. The highest BCUT2D eigenvalue weighted by Crippen LogP contribution is 2.16. The van der Waals surface area contributed by atoms with Crippen LogP contribution in [-0.4, -0.2) is 17.1 Å². The van der Waals surface area contributed by atoms with Crippen molar-refractivity contribution in [3.8, 4) is 5.75 Å². The van der Waals surface area contributed by atoms with Crippen LogP contribution >= 0.6 is 15.9 Å². The first-order valence-electron chi connectivity index (χ1n) is 6.93. The molecule has 2 aromatic rings. The van der Waals surface area contributed by atoms with Gasteiger partial charge in [0.1, 0.15) is 6.04 Å². The van der Waals surface area contributed by atoms with E-state index in [2.05, 4.69) is 21.2 Å². The van der Waals surface area contributed by atoms with Gasteiger partial charge in [-0.25, -0.2) is 0 Å². The lowest BCUT2D eigenvalue weighted by Crippen LogP contribution is -2.31. The van der Waals surface area contributed by atoms with Gasteiger partial charge in [-0.3, -0.25) is 9.59 Å². The third-order valence-corrected chi connectivity index (χ3v) is 3.68. The van der Waals surface area contributed by atoms with E-state index in [1.165, 1.54) is 4.57 Å². The van der Waals surface area contributed by atoms with Crippen LogP contribution in [-0.2, 0) is 4.79 Å². The third-order valence-electron chi connectivity index (χ3n) is 3.15. The van der Waals surface area contributed by atoms with Gasteiger partial charge in [-0.15, -0.1) is 0 Å². The van der Waals surface area contributed by atoms with Gasteiger partial charge in [0, 0.05) is 16.4 Å². The molecule has 1 aromatic heterocycles. The van der Waals surface area contributed by atoms with Crippen LogP contribution in [0.4, 0.5) is 5.69 Å². The Morgan fingerprint density at radius 1 is 1.32 bits per heavy atom. The van der Waals surface area contributed by atoms with Crippen molar-refractivity contribution in [1.29, 1.82) is 0 Å². The smallest absolute Gasteiger partial charge is 0.293 e. The highest BCUT2D eigenvalue weighted by molar-refractivity contribution is 9.10. The highest BCUT2D eigenvalue weighted by Gasteiger charge is 2.17. The number of carbonyl (C=O) groups excluding carboxylic acids is 1. The SMILES string of the molecule is CCOc1cccn(C(C)C(=O)Nc2ccc(Br)cc2)c1=O. The van der Waals surface area contributed by atoms with Crippen molar-refractivity contribution in [2.24, 2.45) is 0 Å². The van der Waals surface area contributed by atoms with E-state index in [0.717, 1.165) is 4.47 Å². The first-order valence-corrected chi connectivity index (χ1v) is 7.72. The van der Waals surface area contributed by atoms with E-state index in [1.54, 1.807) is 44.3 Å². The molecule has 1 heterocycles. The number of carbonyl (C=O) groups is 1. The lowest BCUT2D eigenvalue weighted by molar-refractivity contribution is -0.118. The predicted octanol–water partition coefficient (Wildman–Crippen LogP) is 3.21. The first kappa shape index (κ1) is 16.3. The van der Waals surface area contributed by atoms with Crippen LogP contribution < -0.4 is 15.6 Å². The molecule has 0 aliphatic heterocycles. The Morgan fingerprint density at radius 2 is 2.00 bits per heavy atom. The number of hydrogen-bond donors (Lipinski definition) is 1. The van der Waals surface area contributed by atoms with Crippen molar-refractivity contribution < 1.29 is 9.53 Å². The molecule has 1 aromatic carbocycles. The summed E-state index contributed by atoms with van der Waals surface area (Å²) in [5.41, 5.74) is 0.358. The fourth-order valence-electron chi connectivity index (χ4n) is 1.97. The van der Waals surface area contributed by atoms with Crippen molar-refractivity contribution in [2.45, 2.75) is 19.9 Å². The second-order valence-electron chi connectivity index (χ2n) is 4.69. The minimum Gasteiger partial charge on any atom is -0.488 e. The molecule has 22 heavy (non-hydrogen) atoms. The van der Waals surface area contributed by atoms with E-state index in [9.17, 15) is 9.59 Å². The van der Waals surface area contributed by atoms with Crippen LogP contribution in [0.25, 0.3) is 0 Å². The van der Waals surface area contributed by atoms with Gasteiger partial charge in [0.15, 0.2) is 5.75 Å². The van der Waals surface area contributed by atoms with Crippen molar-refractivity contribution in [3.05, 3.63) is 57.4 Å². The molecule has 0 spiro atoms. The zero-order chi connectivity index (χ0) is 16.1. The van der Waals surface area contributed by atoms with E-state index in [0.29, 0.717) is 12.3 Å². The van der Waals surface area contributed by atoms with Gasteiger partial charge in [0.2, 0.25) is 5.91 Å². The number of aromatic nitrogens is 1. The van der Waals surface area contributed by atoms with Crippen LogP contribution in [0.1, 0.15) is 19.9 Å². The molecule has 6 heteroatoms. The Hall–Kier alpha value is -2.08. The molecule has 1 atom stereocenters. The van der Waals surface area contributed by atoms with Crippen LogP contribution in [0.3, 0.4) is 0 Å². The number of nitrogens with zero attached hydrogens (tertiary/aromatic N) is 1. The molecule has 2 rings (SSSR count). The molecular formula is C16H17BrN2O3. The van der Waals surface area contributed by atoms with E-state index < -0.39 is 6.04 Å². The lowest BCUT2D eigenvalue weighted by Gasteiger charge is -2.16. The summed E-state index contributed by atoms with van der Waals surface area (Å²) in [5, 5.41) is 2.79. The second-order valence-corrected chi connectivity index (χ2v) is 5.61. The Balaban J connectivity index is 2.18. The quantitative estimate of drug-likeness (QED) is 0.885. The molecule has 116 valence electrons. The summed E-state index contributed by atoms with van der Waals surface area (Å²) in [6.07, 6.45) is 1.58. The van der Waals surface area contributed by atoms with E-state index in [4.69, 9.17) is 4.74 Å². The molecule has 0 bridgehead atoms. The topological polar surface area (TPSA) is 60.3 Å². The molecular weight excluding hydrogens is 348 g/mol. The molecule has 0 aliphatic carbocycles. The number of anilines is 1. The number of nitrogens with one attached hydrogen (secondary N) is 1. The number of rotatable bonds is 5. The first-order chi connectivity index (χ1) is 10.5. The number of pyridine rings is 1. The Kier molecular flexibility index (Phi) is 5.38. The highest BCUT2D eigenvalue weighted by atomic mass is 79.9. The third kappa shape index (κ3) is 3.76. The van der Waals surface area contributed by atoms with Crippen molar-refractivity contribution in [2.75, 3.05) is 11.9 Å². The summed E-state index contributed by atoms with van der Waals surface area (Å²) < 4.78 is 7.56. The zero-order valence-corrected chi connectivity index (χ0v) is 14.0. The molecule has 1 unspecified atom stereocenters. The molecule has 0 radical (unpaired) electrons. The van der Waals surface area contributed by atoms with Crippen LogP contribution in [0.5, 0.6) is 5.75 Å². The van der Waals surface area contributed by atoms with E-state index >= 15 is 0 Å². The fraction of sp³-hybridized carbons (Fsp3) is 0.250. The maximum atomic E-state index is 12.3. The maximum absolute atomic E-state index is 12.3. The molecule has 0 fully saturated rings. The van der Waals surface area contributed by atoms with Crippen LogP contribution in [0.15, 0.2) is 51.9 Å². The number of halogens is 1. The molecule has 1 amide bonds. The summed E-state index contributed by atoms with van der Waals surface area (Å²) >= 11 is 3.34. The van der Waals surface area contributed by atoms with Crippen LogP contribution in [0.2, 0.25) is 0 Å². The largest absolute Gasteiger partial charge is 0.488 e. The summed E-state index contributed by atoms with van der Waals surface area (Å²) in [6, 6.07) is 9.89. The van der Waals surface area contributed by atoms with Gasteiger partial charge >= 0.3 is 0 Å². The minimum atomic E-state index is -0.642. The van der Waals surface area contributed by atoms with Gasteiger partial charge in [0.25, 0.3) is 5.56 Å². The van der Waals surface area contributed by atoms with Crippen molar-refractivity contribution in [1.82, 2.24) is 4.57 Å². The maximum Gasteiger partial charge on any atom is 0.293 e. The normalized spacial score (nSPS) is 11.8. The summed E-state index contributed by atoms with van der Waals surface area (Å²) in [6.45, 7) is 3.88. The molecule has 1 N–H and O–H groups in total. The summed E-state index contributed by atoms with van der Waals surface area (Å²) in [7, 11) is 0. The Bertz CT molecular complexity index is 710. The monoisotopic (exact) mass is 364 g/mol. The average molecular weight is 365 g/mol. The van der Waals surface area contributed by atoms with E-state index in [-0.39, 0.29) is 17.2 Å². The summed E-state index contributed by atoms with van der Waals surface area (Å²) in [5.74, 6) is -0.0219. The van der Waals surface area contributed by atoms with Gasteiger partial charge in [0.05, 0.1) is 6.61 Å². The molecule has 5 nitrogen and oxygen atoms in total. The van der Waals surface area contributed by atoms with Gasteiger partial charge in [-0.1, -0.05) is 15.9 Å². The number of hydrogen-bond acceptors (Lipinski definition) is 3. The molecule has 0 saturated heterocycles. The number of amides is 1. The summed E-state index contributed by atoms with van der Waals surface area (Å²) in [4.78, 5) is 24.5. The standard InChI is InChI=1S/C16H17BrN2O3/c1-3-22-14-5-4-10-19(16(14)21)11(2)15(20)18-13-8-6-12(17)7-9-13/h4-11H,3H2,1-2H3,(H,18,20). The van der Waals surface area contributed by atoms with Gasteiger partial charge < -0.3 is 14.6 Å². The Labute approximate surface area is 137 Å². The van der Waals surface area contributed by atoms with E-state index in [1.807, 2.05) is 12.1 Å². The molecule has 0 aliphatic rings. The van der Waals surface area contributed by atoms with Gasteiger partial charge in [-0.05, 0) is 50.2 Å². The lowest BCUT2D eigenvalue weighted by atomic mass is 10.2. The minimum absolute atomic E-state index is 0.244. The number of benzene rings is 1. The van der Waals surface area contributed by atoms with Crippen LogP contribution in [0, 0.1) is 0 Å². The van der Waals surface area contributed by atoms with Crippen molar-refractivity contribution in [3.63, 3.8) is 0 Å². The average Bonchev–Trinajstić information content (AvgIpc) is 2.51.